The third-order valence-corrected chi connectivity index (χ3v) is 7.79. The number of rotatable bonds is 8. The van der Waals surface area contributed by atoms with Crippen molar-refractivity contribution >= 4 is 21.7 Å². The molecule has 6 rings (SSSR count). The summed E-state index contributed by atoms with van der Waals surface area (Å²) in [5.41, 5.74) is 3.97. The summed E-state index contributed by atoms with van der Waals surface area (Å²) in [5, 5.41) is 18.8. The Morgan fingerprint density at radius 1 is 0.895 bits per heavy atom. The van der Waals surface area contributed by atoms with Crippen LogP contribution in [0.4, 0.5) is 0 Å². The van der Waals surface area contributed by atoms with Crippen LogP contribution in [0.2, 0.25) is 0 Å². The maximum Gasteiger partial charge on any atom is 0.181 e. The lowest BCUT2D eigenvalue weighted by Gasteiger charge is -2.25. The highest BCUT2D eigenvalue weighted by atomic mass is 16.5. The minimum Gasteiger partial charge on any atom is -0.492 e. The second-order valence-electron chi connectivity index (χ2n) is 11.1. The fourth-order valence-electron chi connectivity index (χ4n) is 5.69. The van der Waals surface area contributed by atoms with Crippen molar-refractivity contribution in [2.24, 2.45) is 5.92 Å². The van der Waals surface area contributed by atoms with Gasteiger partial charge in [-0.2, -0.15) is 10.2 Å². The zero-order chi connectivity index (χ0) is 26.2. The van der Waals surface area contributed by atoms with Gasteiger partial charge < -0.3 is 4.74 Å². The molecule has 196 valence electrons. The number of nitrogens with one attached hydrogen (secondary N) is 2. The van der Waals surface area contributed by atoms with E-state index in [4.69, 9.17) is 9.72 Å². The van der Waals surface area contributed by atoms with E-state index in [1.807, 2.05) is 12.1 Å². The molecule has 0 amide bonds. The first-order valence-corrected chi connectivity index (χ1v) is 13.8. The Kier molecular flexibility index (Phi) is 6.62. The number of H-pyrrole nitrogens is 2. The second-order valence-corrected chi connectivity index (χ2v) is 11.1. The van der Waals surface area contributed by atoms with Gasteiger partial charge in [-0.05, 0) is 79.8 Å². The van der Waals surface area contributed by atoms with E-state index in [-0.39, 0.29) is 0 Å². The molecule has 2 N–H and O–H groups in total. The van der Waals surface area contributed by atoms with Crippen LogP contribution < -0.4 is 4.74 Å². The van der Waals surface area contributed by atoms with E-state index in [9.17, 15) is 0 Å². The van der Waals surface area contributed by atoms with E-state index in [0.29, 0.717) is 24.6 Å². The van der Waals surface area contributed by atoms with E-state index in [2.05, 4.69) is 95.5 Å². The topological polar surface area (TPSA) is 82.7 Å². The maximum absolute atomic E-state index is 6.14. The van der Waals surface area contributed by atoms with Gasteiger partial charge in [-0.25, -0.2) is 4.98 Å². The van der Waals surface area contributed by atoms with Crippen LogP contribution in [0, 0.1) is 5.92 Å². The molecule has 7 heteroatoms. The van der Waals surface area contributed by atoms with Crippen LogP contribution in [0.1, 0.15) is 46.4 Å². The summed E-state index contributed by atoms with van der Waals surface area (Å²) in [7, 11) is 0. The quantitative estimate of drug-likeness (QED) is 0.246. The van der Waals surface area contributed by atoms with Crippen molar-refractivity contribution in [3.8, 4) is 28.4 Å². The molecule has 3 heterocycles. The summed E-state index contributed by atoms with van der Waals surface area (Å²) in [6.07, 6.45) is 3.45. The summed E-state index contributed by atoms with van der Waals surface area (Å²) in [6, 6.07) is 20.3. The first-order valence-electron chi connectivity index (χ1n) is 13.8. The molecule has 0 bridgehead atoms. The molecule has 1 fully saturated rings. The van der Waals surface area contributed by atoms with Gasteiger partial charge >= 0.3 is 0 Å². The number of hydrogen-bond donors (Lipinski definition) is 2. The lowest BCUT2D eigenvalue weighted by molar-refractivity contribution is 0.170. The first-order chi connectivity index (χ1) is 18.4. The number of benzene rings is 3. The Hall–Kier alpha value is -3.71. The zero-order valence-corrected chi connectivity index (χ0v) is 22.7. The van der Waals surface area contributed by atoms with Gasteiger partial charge in [-0.3, -0.25) is 15.1 Å². The molecular weight excluding hydrogens is 472 g/mol. The van der Waals surface area contributed by atoms with Gasteiger partial charge in [0.1, 0.15) is 18.2 Å². The molecule has 1 aliphatic heterocycles. The molecule has 38 heavy (non-hydrogen) atoms. The summed E-state index contributed by atoms with van der Waals surface area (Å²) in [5.74, 6) is 3.08. The van der Waals surface area contributed by atoms with Crippen LogP contribution in [0.15, 0.2) is 54.6 Å². The average Bonchev–Trinajstić information content (AvgIpc) is 3.63. The van der Waals surface area contributed by atoms with Crippen LogP contribution in [0.5, 0.6) is 5.75 Å². The normalized spacial score (nSPS) is 18.2. The number of hydrogen-bond acceptors (Lipinski definition) is 5. The highest BCUT2D eigenvalue weighted by molar-refractivity contribution is 5.97. The molecule has 1 saturated heterocycles. The van der Waals surface area contributed by atoms with Crippen molar-refractivity contribution in [3.05, 3.63) is 60.4 Å². The Balaban J connectivity index is 1.21. The van der Waals surface area contributed by atoms with Crippen LogP contribution in [-0.4, -0.2) is 55.5 Å². The van der Waals surface area contributed by atoms with Gasteiger partial charge in [0.05, 0.1) is 11.2 Å². The van der Waals surface area contributed by atoms with Gasteiger partial charge in [0.15, 0.2) is 5.82 Å². The number of nitrogens with zero attached hydrogens (tertiary/aromatic N) is 4. The lowest BCUT2D eigenvalue weighted by Crippen LogP contribution is -2.36. The minimum absolute atomic E-state index is 0.525. The number of aromatic nitrogens is 5. The van der Waals surface area contributed by atoms with E-state index < -0.39 is 0 Å². The first kappa shape index (κ1) is 24.6. The van der Waals surface area contributed by atoms with Crippen molar-refractivity contribution in [3.63, 3.8) is 0 Å². The number of fused-ring (bicyclic) bond motifs is 2. The monoisotopic (exact) mass is 508 g/mol. The van der Waals surface area contributed by atoms with Crippen molar-refractivity contribution in [1.29, 1.82) is 0 Å². The fraction of sp³-hybridized carbons (Fsp3) is 0.387. The Morgan fingerprint density at radius 2 is 1.66 bits per heavy atom. The van der Waals surface area contributed by atoms with Crippen LogP contribution in [0.3, 0.4) is 0 Å². The standard InChI is InChI=1S/C31H36N6O/c1-19(2)15-29-32-31(36-34-29)25-10-12-28-27(18-25)30(35-33-28)24-8-7-23-17-26(11-9-22(23)16-24)38-14-13-37-20(3)5-6-21(37)4/h7-12,16-21H,5-6,13-15H2,1-4H3,(H,33,35)(H,32,34,36). The predicted molar refractivity (Wildman–Crippen MR) is 153 cm³/mol. The average molecular weight is 509 g/mol. The van der Waals surface area contributed by atoms with Gasteiger partial charge in [0.2, 0.25) is 0 Å². The molecule has 2 unspecified atom stereocenters. The highest BCUT2D eigenvalue weighted by Gasteiger charge is 2.26. The number of aromatic amines is 2. The molecule has 5 aromatic rings. The molecule has 1 aliphatic rings. The van der Waals surface area contributed by atoms with Crippen molar-refractivity contribution in [2.45, 2.75) is 59.0 Å². The molecule has 0 saturated carbocycles. The van der Waals surface area contributed by atoms with Crippen LogP contribution >= 0.6 is 0 Å². The molecule has 0 spiro atoms. The number of ether oxygens (including phenoxy) is 1. The summed E-state index contributed by atoms with van der Waals surface area (Å²) in [6.45, 7) is 10.7. The molecule has 7 nitrogen and oxygen atoms in total. The third kappa shape index (κ3) is 4.90. The summed E-state index contributed by atoms with van der Waals surface area (Å²) < 4.78 is 6.14. The highest BCUT2D eigenvalue weighted by Crippen LogP contribution is 2.32. The number of likely N-dealkylation sites (tertiary alicyclic amines) is 1. The minimum atomic E-state index is 0.525. The van der Waals surface area contributed by atoms with E-state index >= 15 is 0 Å². The lowest BCUT2D eigenvalue weighted by atomic mass is 10.0. The van der Waals surface area contributed by atoms with E-state index in [1.165, 1.54) is 12.8 Å². The third-order valence-electron chi connectivity index (χ3n) is 7.79. The van der Waals surface area contributed by atoms with Crippen LogP contribution in [0.25, 0.3) is 44.3 Å². The summed E-state index contributed by atoms with van der Waals surface area (Å²) in [4.78, 5) is 7.26. The maximum atomic E-state index is 6.14. The van der Waals surface area contributed by atoms with E-state index in [1.54, 1.807) is 0 Å². The summed E-state index contributed by atoms with van der Waals surface area (Å²) >= 11 is 0. The van der Waals surface area contributed by atoms with Gasteiger partial charge in [0.25, 0.3) is 0 Å². The van der Waals surface area contributed by atoms with Gasteiger partial charge in [0, 0.05) is 41.6 Å². The van der Waals surface area contributed by atoms with E-state index in [0.717, 1.165) is 68.9 Å². The van der Waals surface area contributed by atoms with Crippen molar-refractivity contribution < 1.29 is 4.74 Å². The van der Waals surface area contributed by atoms with Crippen LogP contribution in [-0.2, 0) is 6.42 Å². The SMILES string of the molecule is CC(C)Cc1nc(-c2ccc3[nH]nc(-c4ccc5cc(OCCN6C(C)CCC6C)ccc5c4)c3c2)n[nH]1. The van der Waals surface area contributed by atoms with Crippen molar-refractivity contribution in [2.75, 3.05) is 13.2 Å². The molecule has 3 aromatic carbocycles. The molecule has 0 aliphatic carbocycles. The van der Waals surface area contributed by atoms with Gasteiger partial charge in [-0.1, -0.05) is 32.0 Å². The Bertz CT molecular complexity index is 1560. The zero-order valence-electron chi connectivity index (χ0n) is 22.7. The van der Waals surface area contributed by atoms with Gasteiger partial charge in [-0.15, -0.1) is 0 Å². The smallest absolute Gasteiger partial charge is 0.181 e. The molecule has 2 atom stereocenters. The molecule has 0 radical (unpaired) electrons. The second kappa shape index (κ2) is 10.2. The largest absolute Gasteiger partial charge is 0.492 e. The predicted octanol–water partition coefficient (Wildman–Crippen LogP) is 6.62. The molecule has 2 aromatic heterocycles. The molecular formula is C31H36N6O. The Labute approximate surface area is 223 Å². The fourth-order valence-corrected chi connectivity index (χ4v) is 5.69. The van der Waals surface area contributed by atoms with Crippen molar-refractivity contribution in [1.82, 2.24) is 30.3 Å². The Morgan fingerprint density at radius 3 is 2.47 bits per heavy atom.